The topological polar surface area (TPSA) is 73.1 Å². The van der Waals surface area contributed by atoms with Crippen LogP contribution in [0.1, 0.15) is 15.9 Å². The highest BCUT2D eigenvalue weighted by molar-refractivity contribution is 7.98. The fourth-order valence-electron chi connectivity index (χ4n) is 3.37. The second-order valence-electron chi connectivity index (χ2n) is 6.85. The third-order valence-electron chi connectivity index (χ3n) is 4.92. The van der Waals surface area contributed by atoms with Crippen LogP contribution in [0.25, 0.3) is 11.0 Å². The van der Waals surface area contributed by atoms with Gasteiger partial charge in [-0.15, -0.1) is 24.8 Å². The highest BCUT2D eigenvalue weighted by Crippen LogP contribution is 2.24. The van der Waals surface area contributed by atoms with Crippen LogP contribution in [0, 0.1) is 0 Å². The number of piperazine rings is 1. The number of H-pyrrole nitrogens is 1. The summed E-state index contributed by atoms with van der Waals surface area (Å²) in [6.07, 6.45) is 0. The van der Waals surface area contributed by atoms with Crippen molar-refractivity contribution in [3.05, 3.63) is 59.7 Å². The fourth-order valence-corrected chi connectivity index (χ4v) is 4.26. The number of aromatic amines is 1. The van der Waals surface area contributed by atoms with Crippen molar-refractivity contribution in [2.45, 2.75) is 10.9 Å². The van der Waals surface area contributed by atoms with Crippen molar-refractivity contribution in [1.29, 1.82) is 0 Å². The van der Waals surface area contributed by atoms with E-state index in [1.807, 2.05) is 48.5 Å². The molecule has 1 aliphatic rings. The predicted octanol–water partition coefficient (Wildman–Crippen LogP) is 3.33. The molecule has 4 rings (SSSR count). The Bertz CT molecular complexity index is 913. The van der Waals surface area contributed by atoms with Crippen LogP contribution in [0.5, 0.6) is 0 Å². The van der Waals surface area contributed by atoms with Crippen LogP contribution in [-0.4, -0.2) is 60.0 Å². The molecular weight excluding hydrogens is 441 g/mol. The maximum Gasteiger partial charge on any atom is 0.251 e. The van der Waals surface area contributed by atoms with Gasteiger partial charge in [0, 0.05) is 50.6 Å². The second kappa shape index (κ2) is 12.2. The molecule has 0 saturated carbocycles. The molecule has 0 spiro atoms. The zero-order chi connectivity index (χ0) is 19.2. The number of hydrogen-bond acceptors (Lipinski definition) is 5. The van der Waals surface area contributed by atoms with E-state index in [4.69, 9.17) is 0 Å². The largest absolute Gasteiger partial charge is 0.351 e. The lowest BCUT2D eigenvalue weighted by atomic mass is 10.1. The number of fused-ring (bicyclic) bond motifs is 1. The van der Waals surface area contributed by atoms with Crippen molar-refractivity contribution in [1.82, 2.24) is 25.5 Å². The monoisotopic (exact) mass is 467 g/mol. The normalized spacial score (nSPS) is 14.0. The van der Waals surface area contributed by atoms with Gasteiger partial charge in [0.15, 0.2) is 5.16 Å². The zero-order valence-electron chi connectivity index (χ0n) is 16.6. The van der Waals surface area contributed by atoms with Crippen molar-refractivity contribution in [2.75, 3.05) is 39.3 Å². The molecule has 9 heteroatoms. The molecule has 162 valence electrons. The van der Waals surface area contributed by atoms with E-state index in [0.717, 1.165) is 60.0 Å². The van der Waals surface area contributed by atoms with E-state index in [1.54, 1.807) is 11.8 Å². The lowest BCUT2D eigenvalue weighted by Gasteiger charge is -2.27. The summed E-state index contributed by atoms with van der Waals surface area (Å²) in [5, 5.41) is 7.29. The van der Waals surface area contributed by atoms with Gasteiger partial charge in [0.1, 0.15) is 0 Å². The summed E-state index contributed by atoms with van der Waals surface area (Å²) >= 11 is 1.62. The first-order valence-electron chi connectivity index (χ1n) is 9.66. The molecule has 3 N–H and O–H groups in total. The van der Waals surface area contributed by atoms with Gasteiger partial charge in [-0.25, -0.2) is 4.98 Å². The smallest absolute Gasteiger partial charge is 0.251 e. The van der Waals surface area contributed by atoms with Crippen LogP contribution in [0.2, 0.25) is 0 Å². The van der Waals surface area contributed by atoms with Crippen molar-refractivity contribution >= 4 is 53.5 Å². The Morgan fingerprint density at radius 3 is 2.60 bits per heavy atom. The minimum Gasteiger partial charge on any atom is -0.351 e. The lowest BCUT2D eigenvalue weighted by Crippen LogP contribution is -2.46. The van der Waals surface area contributed by atoms with Crippen LogP contribution in [-0.2, 0) is 5.75 Å². The van der Waals surface area contributed by atoms with Gasteiger partial charge in [-0.2, -0.15) is 0 Å². The molecule has 30 heavy (non-hydrogen) atoms. The Hall–Kier alpha value is -1.77. The minimum atomic E-state index is -0.00376. The molecule has 1 fully saturated rings. The summed E-state index contributed by atoms with van der Waals surface area (Å²) in [6.45, 7) is 5.69. The Kier molecular flexibility index (Phi) is 9.94. The highest BCUT2D eigenvalue weighted by Gasteiger charge is 2.13. The van der Waals surface area contributed by atoms with Crippen molar-refractivity contribution in [2.24, 2.45) is 0 Å². The number of aromatic nitrogens is 2. The van der Waals surface area contributed by atoms with Crippen molar-refractivity contribution in [3.8, 4) is 0 Å². The number of nitrogens with zero attached hydrogens (tertiary/aromatic N) is 2. The van der Waals surface area contributed by atoms with Crippen LogP contribution < -0.4 is 10.6 Å². The highest BCUT2D eigenvalue weighted by atomic mass is 35.5. The van der Waals surface area contributed by atoms with E-state index < -0.39 is 0 Å². The molecule has 1 saturated heterocycles. The molecule has 0 radical (unpaired) electrons. The maximum absolute atomic E-state index is 12.7. The number of thioether (sulfide) groups is 1. The summed E-state index contributed by atoms with van der Waals surface area (Å²) in [5.41, 5.74) is 3.76. The molecule has 6 nitrogen and oxygen atoms in total. The number of imidazole rings is 1. The number of rotatable bonds is 7. The van der Waals surface area contributed by atoms with E-state index in [1.165, 1.54) is 0 Å². The number of carbonyl (C=O) groups excluding carboxylic acids is 1. The van der Waals surface area contributed by atoms with E-state index in [2.05, 4.69) is 25.5 Å². The average Bonchev–Trinajstić information content (AvgIpc) is 3.16. The van der Waals surface area contributed by atoms with E-state index in [-0.39, 0.29) is 30.7 Å². The maximum atomic E-state index is 12.7. The van der Waals surface area contributed by atoms with Gasteiger partial charge in [-0.05, 0) is 23.8 Å². The van der Waals surface area contributed by atoms with Gasteiger partial charge in [-0.3, -0.25) is 9.69 Å². The van der Waals surface area contributed by atoms with Crippen LogP contribution >= 0.6 is 36.6 Å². The minimum absolute atomic E-state index is 0. The molecular formula is C21H27Cl2N5OS. The average molecular weight is 468 g/mol. The summed E-state index contributed by atoms with van der Waals surface area (Å²) in [7, 11) is 0. The number of benzene rings is 2. The standard InChI is InChI=1S/C21H25N5OS.2ClH/c27-20(23-11-14-26-12-9-22-10-13-26)17-6-2-1-5-16(17)15-28-21-24-18-7-3-4-8-19(18)25-21;;/h1-8,22H,9-15H2,(H,23,27)(H,24,25);2*1H. The Morgan fingerprint density at radius 2 is 1.80 bits per heavy atom. The number of nitrogens with one attached hydrogen (secondary N) is 3. The Morgan fingerprint density at radius 1 is 1.07 bits per heavy atom. The van der Waals surface area contributed by atoms with Gasteiger partial charge >= 0.3 is 0 Å². The van der Waals surface area contributed by atoms with E-state index in [9.17, 15) is 4.79 Å². The quantitative estimate of drug-likeness (QED) is 0.464. The molecule has 0 aliphatic carbocycles. The number of amides is 1. The fraction of sp³-hybridized carbons (Fsp3) is 0.333. The first kappa shape index (κ1) is 24.5. The van der Waals surface area contributed by atoms with E-state index >= 15 is 0 Å². The number of hydrogen-bond donors (Lipinski definition) is 3. The third-order valence-corrected chi connectivity index (χ3v) is 5.84. The lowest BCUT2D eigenvalue weighted by molar-refractivity contribution is 0.0946. The summed E-state index contributed by atoms with van der Waals surface area (Å²) in [6, 6.07) is 15.8. The molecule has 2 heterocycles. The van der Waals surface area contributed by atoms with Crippen LogP contribution in [0.4, 0.5) is 0 Å². The molecule has 0 unspecified atom stereocenters. The molecule has 1 aliphatic heterocycles. The van der Waals surface area contributed by atoms with Crippen molar-refractivity contribution in [3.63, 3.8) is 0 Å². The molecule has 3 aromatic rings. The molecule has 0 bridgehead atoms. The van der Waals surface area contributed by atoms with Gasteiger partial charge in [0.25, 0.3) is 5.91 Å². The molecule has 0 atom stereocenters. The third kappa shape index (κ3) is 6.36. The van der Waals surface area contributed by atoms with Crippen LogP contribution in [0.3, 0.4) is 0 Å². The zero-order valence-corrected chi connectivity index (χ0v) is 19.0. The summed E-state index contributed by atoms with van der Waals surface area (Å²) in [5.74, 6) is 0.692. The first-order chi connectivity index (χ1) is 13.8. The Labute approximate surface area is 193 Å². The van der Waals surface area contributed by atoms with Crippen LogP contribution in [0.15, 0.2) is 53.7 Å². The number of halogens is 2. The summed E-state index contributed by atoms with van der Waals surface area (Å²) < 4.78 is 0. The summed E-state index contributed by atoms with van der Waals surface area (Å²) in [4.78, 5) is 23.0. The molecule has 2 aromatic carbocycles. The first-order valence-corrected chi connectivity index (χ1v) is 10.6. The van der Waals surface area contributed by atoms with Gasteiger partial charge in [0.05, 0.1) is 11.0 Å². The predicted molar refractivity (Wildman–Crippen MR) is 128 cm³/mol. The molecule has 1 amide bonds. The van der Waals surface area contributed by atoms with Gasteiger partial charge in [-0.1, -0.05) is 42.1 Å². The molecule has 1 aromatic heterocycles. The number of carbonyl (C=O) groups is 1. The van der Waals surface area contributed by atoms with Crippen molar-refractivity contribution < 1.29 is 4.79 Å². The van der Waals surface area contributed by atoms with Gasteiger partial charge in [0.2, 0.25) is 0 Å². The van der Waals surface area contributed by atoms with E-state index in [0.29, 0.717) is 12.3 Å². The SMILES string of the molecule is Cl.Cl.O=C(NCCN1CCNCC1)c1ccccc1CSc1nc2ccccc2[nH]1. The second-order valence-corrected chi connectivity index (χ2v) is 7.82. The van der Waals surface area contributed by atoms with Gasteiger partial charge < -0.3 is 15.6 Å². The Balaban J connectivity index is 0.00000160. The number of para-hydroxylation sites is 2.